The molecule has 2 aromatic carbocycles. The minimum Gasteiger partial charge on any atom is -0.495 e. The van der Waals surface area contributed by atoms with E-state index < -0.39 is 17.7 Å². The molecule has 0 N–H and O–H groups in total. The maximum absolute atomic E-state index is 14.5. The van der Waals surface area contributed by atoms with Gasteiger partial charge in [-0.3, -0.25) is 4.90 Å². The van der Waals surface area contributed by atoms with E-state index in [9.17, 15) is 9.18 Å². The van der Waals surface area contributed by atoms with Gasteiger partial charge >= 0.3 is 6.09 Å². The third kappa shape index (κ3) is 4.10. The lowest BCUT2D eigenvalue weighted by Gasteiger charge is -2.38. The predicted octanol–water partition coefficient (Wildman–Crippen LogP) is 6.03. The van der Waals surface area contributed by atoms with Crippen molar-refractivity contribution in [1.82, 2.24) is 0 Å². The van der Waals surface area contributed by atoms with Crippen LogP contribution in [-0.2, 0) is 11.2 Å². The van der Waals surface area contributed by atoms with E-state index in [1.165, 1.54) is 6.07 Å². The predicted molar refractivity (Wildman–Crippen MR) is 107 cm³/mol. The zero-order valence-electron chi connectivity index (χ0n) is 15.9. The van der Waals surface area contributed by atoms with E-state index in [1.54, 1.807) is 36.3 Å². The molecular weight excluding hydrogens is 413 g/mol. The Bertz CT molecular complexity index is 863. The number of hydrogen-bond acceptors (Lipinski definition) is 3. The van der Waals surface area contributed by atoms with Crippen LogP contribution in [0.2, 0.25) is 0 Å². The third-order valence-corrected chi connectivity index (χ3v) is 5.09. The van der Waals surface area contributed by atoms with E-state index in [4.69, 9.17) is 9.47 Å². The molecule has 0 fully saturated rings. The summed E-state index contributed by atoms with van der Waals surface area (Å²) in [5.41, 5.74) is 1.49. The normalized spacial score (nSPS) is 16.7. The molecule has 1 aliphatic rings. The molecule has 0 aliphatic carbocycles. The van der Waals surface area contributed by atoms with Gasteiger partial charge in [-0.05, 0) is 67.2 Å². The lowest BCUT2D eigenvalue weighted by molar-refractivity contribution is 0.0559. The van der Waals surface area contributed by atoms with Gasteiger partial charge in [-0.25, -0.2) is 9.18 Å². The van der Waals surface area contributed by atoms with Crippen molar-refractivity contribution in [3.63, 3.8) is 0 Å². The zero-order chi connectivity index (χ0) is 19.8. The maximum Gasteiger partial charge on any atom is 0.415 e. The molecule has 27 heavy (non-hydrogen) atoms. The number of nitrogens with zero attached hydrogens (tertiary/aromatic N) is 1. The van der Waals surface area contributed by atoms with E-state index in [0.29, 0.717) is 23.4 Å². The minimum atomic E-state index is -0.659. The number of ether oxygens (including phenoxy) is 2. The molecule has 1 amide bonds. The average molecular weight is 436 g/mol. The van der Waals surface area contributed by atoms with Crippen molar-refractivity contribution in [2.45, 2.75) is 45.3 Å². The standard InChI is InChI=1S/C21H23BrFNO3/c1-21(2,3)27-20(25)24-17(14-7-5-6-8-16(14)23)10-9-13-11-15(22)19(26-4)12-18(13)24/h5-8,11-12,17H,9-10H2,1-4H3. The van der Waals surface area contributed by atoms with Gasteiger partial charge in [-0.1, -0.05) is 18.2 Å². The Kier molecular flexibility index (Phi) is 5.47. The molecule has 0 saturated carbocycles. The molecule has 0 aromatic heterocycles. The molecule has 1 unspecified atom stereocenters. The zero-order valence-corrected chi connectivity index (χ0v) is 17.5. The van der Waals surface area contributed by atoms with Crippen molar-refractivity contribution in [3.05, 3.63) is 57.8 Å². The first-order valence-corrected chi connectivity index (χ1v) is 9.63. The Labute approximate surface area is 167 Å². The van der Waals surface area contributed by atoms with Gasteiger partial charge in [-0.2, -0.15) is 0 Å². The van der Waals surface area contributed by atoms with Crippen LogP contribution in [0.25, 0.3) is 0 Å². The number of anilines is 1. The molecule has 1 atom stereocenters. The Morgan fingerprint density at radius 3 is 2.59 bits per heavy atom. The lowest BCUT2D eigenvalue weighted by Crippen LogP contribution is -2.42. The van der Waals surface area contributed by atoms with Crippen LogP contribution in [0.15, 0.2) is 40.9 Å². The number of rotatable bonds is 2. The van der Waals surface area contributed by atoms with Gasteiger partial charge in [0.2, 0.25) is 0 Å². The minimum absolute atomic E-state index is 0.330. The van der Waals surface area contributed by atoms with Crippen LogP contribution < -0.4 is 9.64 Å². The van der Waals surface area contributed by atoms with Gasteiger partial charge in [0, 0.05) is 11.6 Å². The second-order valence-corrected chi connectivity index (χ2v) is 8.40. The highest BCUT2D eigenvalue weighted by Crippen LogP contribution is 2.44. The summed E-state index contributed by atoms with van der Waals surface area (Å²) in [7, 11) is 1.57. The Morgan fingerprint density at radius 2 is 1.96 bits per heavy atom. The van der Waals surface area contributed by atoms with Crippen LogP contribution in [-0.4, -0.2) is 18.8 Å². The highest BCUT2D eigenvalue weighted by atomic mass is 79.9. The molecule has 144 valence electrons. The summed E-state index contributed by atoms with van der Waals surface area (Å²) < 4.78 is 26.4. The molecule has 0 spiro atoms. The van der Waals surface area contributed by atoms with Gasteiger partial charge in [0.1, 0.15) is 17.2 Å². The number of benzene rings is 2. The molecule has 3 rings (SSSR count). The maximum atomic E-state index is 14.5. The first-order chi connectivity index (χ1) is 12.7. The molecule has 1 aliphatic heterocycles. The number of carbonyl (C=O) groups excluding carboxylic acids is 1. The van der Waals surface area contributed by atoms with E-state index in [1.807, 2.05) is 26.8 Å². The van der Waals surface area contributed by atoms with Crippen LogP contribution in [0.1, 0.15) is 44.4 Å². The first-order valence-electron chi connectivity index (χ1n) is 8.84. The van der Waals surface area contributed by atoms with E-state index in [2.05, 4.69) is 15.9 Å². The largest absolute Gasteiger partial charge is 0.495 e. The highest BCUT2D eigenvalue weighted by molar-refractivity contribution is 9.10. The van der Waals surface area contributed by atoms with Crippen LogP contribution >= 0.6 is 15.9 Å². The summed E-state index contributed by atoms with van der Waals surface area (Å²) in [5.74, 6) is 0.278. The average Bonchev–Trinajstić information content (AvgIpc) is 2.59. The number of hydrogen-bond donors (Lipinski definition) is 0. The van der Waals surface area contributed by atoms with Gasteiger partial charge in [0.05, 0.1) is 23.3 Å². The van der Waals surface area contributed by atoms with E-state index >= 15 is 0 Å². The highest BCUT2D eigenvalue weighted by Gasteiger charge is 2.36. The van der Waals surface area contributed by atoms with Crippen LogP contribution in [0.5, 0.6) is 5.75 Å². The number of amides is 1. The number of fused-ring (bicyclic) bond motifs is 1. The quantitative estimate of drug-likeness (QED) is 0.578. The second-order valence-electron chi connectivity index (χ2n) is 7.54. The van der Waals surface area contributed by atoms with Gasteiger partial charge in [0.25, 0.3) is 0 Å². The Hall–Kier alpha value is -2.08. The molecule has 0 radical (unpaired) electrons. The van der Waals surface area contributed by atoms with Gasteiger partial charge in [0.15, 0.2) is 0 Å². The van der Waals surface area contributed by atoms with Gasteiger partial charge < -0.3 is 9.47 Å². The van der Waals surface area contributed by atoms with Crippen molar-refractivity contribution >= 4 is 27.7 Å². The molecule has 0 bridgehead atoms. The summed E-state index contributed by atoms with van der Waals surface area (Å²) in [4.78, 5) is 14.6. The molecule has 0 saturated heterocycles. The van der Waals surface area contributed by atoms with E-state index in [-0.39, 0.29) is 5.82 Å². The van der Waals surface area contributed by atoms with Crippen molar-refractivity contribution in [2.24, 2.45) is 0 Å². The van der Waals surface area contributed by atoms with Crippen LogP contribution in [0, 0.1) is 5.82 Å². The third-order valence-electron chi connectivity index (χ3n) is 4.47. The fourth-order valence-electron chi connectivity index (χ4n) is 3.33. The van der Waals surface area contributed by atoms with Crippen molar-refractivity contribution in [1.29, 1.82) is 0 Å². The molecular formula is C21H23BrFNO3. The molecule has 6 heteroatoms. The van der Waals surface area contributed by atoms with Crippen molar-refractivity contribution in [2.75, 3.05) is 12.0 Å². The molecule has 1 heterocycles. The topological polar surface area (TPSA) is 38.8 Å². The monoisotopic (exact) mass is 435 g/mol. The summed E-state index contributed by atoms with van der Waals surface area (Å²) in [5, 5.41) is 0. The SMILES string of the molecule is COc1cc2c(cc1Br)CCC(c1ccccc1F)N2C(=O)OC(C)(C)C. The van der Waals surface area contributed by atoms with Crippen LogP contribution in [0.3, 0.4) is 0 Å². The van der Waals surface area contributed by atoms with E-state index in [0.717, 1.165) is 16.5 Å². The van der Waals surface area contributed by atoms with Gasteiger partial charge in [-0.15, -0.1) is 0 Å². The summed E-state index contributed by atoms with van der Waals surface area (Å²) in [6, 6.07) is 9.87. The summed E-state index contributed by atoms with van der Waals surface area (Å²) in [6.45, 7) is 5.45. The van der Waals surface area contributed by atoms with Crippen LogP contribution in [0.4, 0.5) is 14.9 Å². The summed E-state index contributed by atoms with van der Waals surface area (Å²) in [6.07, 6.45) is 0.823. The number of carbonyl (C=O) groups is 1. The Balaban J connectivity index is 2.13. The Morgan fingerprint density at radius 1 is 1.26 bits per heavy atom. The molecule has 4 nitrogen and oxygen atoms in total. The summed E-state index contributed by atoms with van der Waals surface area (Å²) >= 11 is 3.49. The first kappa shape index (κ1) is 19.7. The fourth-order valence-corrected chi connectivity index (χ4v) is 3.88. The number of halogens is 2. The lowest BCUT2D eigenvalue weighted by atomic mass is 9.91. The smallest absolute Gasteiger partial charge is 0.415 e. The number of aryl methyl sites for hydroxylation is 1. The molecule has 2 aromatic rings. The van der Waals surface area contributed by atoms with Crippen molar-refractivity contribution < 1.29 is 18.7 Å². The fraction of sp³-hybridized carbons (Fsp3) is 0.381. The van der Waals surface area contributed by atoms with Crippen molar-refractivity contribution in [3.8, 4) is 5.75 Å². The second kappa shape index (κ2) is 7.50. The number of methoxy groups -OCH3 is 1.